The highest BCUT2D eigenvalue weighted by molar-refractivity contribution is 6.30. The average Bonchev–Trinajstić information content (AvgIpc) is 2.91. The lowest BCUT2D eigenvalue weighted by Gasteiger charge is -2.23. The first kappa shape index (κ1) is 25.9. The Labute approximate surface area is 219 Å². The quantitative estimate of drug-likeness (QED) is 0.304. The van der Waals surface area contributed by atoms with Gasteiger partial charge in [-0.25, -0.2) is 4.79 Å². The molecule has 2 N–H and O–H groups in total. The molecule has 37 heavy (non-hydrogen) atoms. The number of amides is 2. The molecule has 0 saturated carbocycles. The molecule has 1 aromatic heterocycles. The minimum atomic E-state index is -0.340. The van der Waals surface area contributed by atoms with Crippen molar-refractivity contribution in [3.8, 4) is 17.2 Å². The van der Waals surface area contributed by atoms with Gasteiger partial charge in [-0.15, -0.1) is 0 Å². The number of urea groups is 1. The Hall–Kier alpha value is -4.17. The summed E-state index contributed by atoms with van der Waals surface area (Å²) in [7, 11) is 4.75. The molecule has 4 aromatic rings. The number of nitrogens with zero attached hydrogens (tertiary/aromatic N) is 1. The molecule has 0 unspecified atom stereocenters. The van der Waals surface area contributed by atoms with Gasteiger partial charge in [0.1, 0.15) is 5.75 Å². The van der Waals surface area contributed by atoms with E-state index < -0.39 is 0 Å². The second kappa shape index (κ2) is 11.7. The molecule has 0 saturated heterocycles. The van der Waals surface area contributed by atoms with Crippen molar-refractivity contribution in [2.75, 3.05) is 33.2 Å². The normalized spacial score (nSPS) is 10.7. The fourth-order valence-corrected chi connectivity index (χ4v) is 4.09. The summed E-state index contributed by atoms with van der Waals surface area (Å²) in [5, 5.41) is 4.28. The van der Waals surface area contributed by atoms with Gasteiger partial charge in [-0.3, -0.25) is 4.79 Å². The van der Waals surface area contributed by atoms with Gasteiger partial charge in [0.25, 0.3) is 5.56 Å². The number of methoxy groups -OCH3 is 3. The molecule has 2 amide bonds. The molecule has 0 fully saturated rings. The fraction of sp³-hybridized carbons (Fsp3) is 0.214. The number of aromatic amines is 1. The summed E-state index contributed by atoms with van der Waals surface area (Å²) in [6.07, 6.45) is 0.535. The van der Waals surface area contributed by atoms with E-state index >= 15 is 0 Å². The Kier molecular flexibility index (Phi) is 8.20. The SMILES string of the molecule is COc1ccc2[nH]c(=O)c(CN(CCc3ccc(OC)c(OC)c3)C(=O)Nc3ccc(Cl)cc3)cc2c1. The molecule has 0 spiro atoms. The molecule has 3 aromatic carbocycles. The van der Waals surface area contributed by atoms with Crippen LogP contribution in [-0.2, 0) is 13.0 Å². The lowest BCUT2D eigenvalue weighted by molar-refractivity contribution is 0.209. The first-order valence-electron chi connectivity index (χ1n) is 11.6. The van der Waals surface area contributed by atoms with E-state index in [0.29, 0.717) is 52.0 Å². The number of fused-ring (bicyclic) bond motifs is 1. The predicted molar refractivity (Wildman–Crippen MR) is 145 cm³/mol. The third kappa shape index (κ3) is 6.34. The van der Waals surface area contributed by atoms with Gasteiger partial charge in [-0.05, 0) is 72.6 Å². The van der Waals surface area contributed by atoms with E-state index in [1.165, 1.54) is 0 Å². The van der Waals surface area contributed by atoms with Crippen molar-refractivity contribution in [1.82, 2.24) is 9.88 Å². The molecule has 9 heteroatoms. The van der Waals surface area contributed by atoms with Crippen LogP contribution in [0.4, 0.5) is 10.5 Å². The predicted octanol–water partition coefficient (Wildman–Crippen LogP) is 5.48. The maximum absolute atomic E-state index is 13.3. The number of rotatable bonds is 9. The summed E-state index contributed by atoms with van der Waals surface area (Å²) < 4.78 is 16.0. The monoisotopic (exact) mass is 521 g/mol. The first-order chi connectivity index (χ1) is 17.9. The zero-order valence-electron chi connectivity index (χ0n) is 20.8. The molecule has 0 aliphatic heterocycles. The number of aromatic nitrogens is 1. The van der Waals surface area contributed by atoms with Gasteiger partial charge < -0.3 is 29.4 Å². The van der Waals surface area contributed by atoms with Gasteiger partial charge >= 0.3 is 6.03 Å². The summed E-state index contributed by atoms with van der Waals surface area (Å²) in [6, 6.07) is 19.3. The number of carbonyl (C=O) groups excluding carboxylic acids is 1. The van der Waals surface area contributed by atoms with Crippen molar-refractivity contribution in [3.63, 3.8) is 0 Å². The van der Waals surface area contributed by atoms with E-state index in [0.717, 1.165) is 10.9 Å². The van der Waals surface area contributed by atoms with Crippen LogP contribution in [0.5, 0.6) is 17.2 Å². The fourth-order valence-electron chi connectivity index (χ4n) is 3.97. The van der Waals surface area contributed by atoms with Crippen molar-refractivity contribution in [3.05, 3.63) is 93.2 Å². The molecule has 192 valence electrons. The van der Waals surface area contributed by atoms with Crippen molar-refractivity contribution < 1.29 is 19.0 Å². The highest BCUT2D eigenvalue weighted by Crippen LogP contribution is 2.28. The van der Waals surface area contributed by atoms with Crippen LogP contribution in [0.1, 0.15) is 11.1 Å². The molecule has 1 heterocycles. The molecular weight excluding hydrogens is 494 g/mol. The number of carbonyl (C=O) groups is 1. The highest BCUT2D eigenvalue weighted by atomic mass is 35.5. The number of anilines is 1. The van der Waals surface area contributed by atoms with E-state index in [4.69, 9.17) is 25.8 Å². The Bertz CT molecular complexity index is 1450. The largest absolute Gasteiger partial charge is 0.497 e. The number of ether oxygens (including phenoxy) is 3. The third-order valence-corrected chi connectivity index (χ3v) is 6.24. The summed E-state index contributed by atoms with van der Waals surface area (Å²) in [6.45, 7) is 0.458. The van der Waals surface area contributed by atoms with E-state index in [2.05, 4.69) is 10.3 Å². The van der Waals surface area contributed by atoms with Gasteiger partial charge in [0.15, 0.2) is 11.5 Å². The van der Waals surface area contributed by atoms with E-state index in [1.54, 1.807) is 68.7 Å². The lowest BCUT2D eigenvalue weighted by Crippen LogP contribution is -2.37. The number of hydrogen-bond acceptors (Lipinski definition) is 5. The van der Waals surface area contributed by atoms with Crippen molar-refractivity contribution in [1.29, 1.82) is 0 Å². The van der Waals surface area contributed by atoms with Crippen LogP contribution in [0.15, 0.2) is 71.5 Å². The number of nitrogens with one attached hydrogen (secondary N) is 2. The van der Waals surface area contributed by atoms with E-state index in [-0.39, 0.29) is 18.1 Å². The summed E-state index contributed by atoms with van der Waals surface area (Å²) in [4.78, 5) is 30.7. The Balaban J connectivity index is 1.61. The van der Waals surface area contributed by atoms with Gasteiger partial charge in [-0.2, -0.15) is 0 Å². The van der Waals surface area contributed by atoms with Crippen LogP contribution in [-0.4, -0.2) is 43.8 Å². The zero-order valence-corrected chi connectivity index (χ0v) is 21.6. The molecular formula is C28H28ClN3O5. The van der Waals surface area contributed by atoms with Crippen LogP contribution in [0, 0.1) is 0 Å². The Morgan fingerprint density at radius 2 is 1.68 bits per heavy atom. The summed E-state index contributed by atoms with van der Waals surface area (Å²) in [5.74, 6) is 1.91. The minimum Gasteiger partial charge on any atom is -0.497 e. The van der Waals surface area contributed by atoms with E-state index in [1.807, 2.05) is 24.3 Å². The molecule has 0 atom stereocenters. The highest BCUT2D eigenvalue weighted by Gasteiger charge is 2.17. The van der Waals surface area contributed by atoms with Gasteiger partial charge in [-0.1, -0.05) is 17.7 Å². The number of hydrogen-bond donors (Lipinski definition) is 2. The molecule has 0 aliphatic carbocycles. The maximum atomic E-state index is 13.3. The third-order valence-electron chi connectivity index (χ3n) is 5.99. The van der Waals surface area contributed by atoms with Crippen LogP contribution in [0.25, 0.3) is 10.9 Å². The Morgan fingerprint density at radius 3 is 2.38 bits per heavy atom. The van der Waals surface area contributed by atoms with E-state index in [9.17, 15) is 9.59 Å². The summed E-state index contributed by atoms with van der Waals surface area (Å²) in [5.41, 5.74) is 2.45. The smallest absolute Gasteiger partial charge is 0.322 e. The molecule has 8 nitrogen and oxygen atoms in total. The lowest BCUT2D eigenvalue weighted by atomic mass is 10.1. The van der Waals surface area contributed by atoms with Crippen LogP contribution in [0.2, 0.25) is 5.02 Å². The molecule has 0 aliphatic rings. The molecule has 4 rings (SSSR count). The van der Waals surface area contributed by atoms with Gasteiger partial charge in [0.2, 0.25) is 0 Å². The Morgan fingerprint density at radius 1 is 0.919 bits per heavy atom. The summed E-state index contributed by atoms with van der Waals surface area (Å²) >= 11 is 5.98. The second-order valence-electron chi connectivity index (χ2n) is 8.37. The molecule has 0 bridgehead atoms. The number of H-pyrrole nitrogens is 1. The topological polar surface area (TPSA) is 92.9 Å². The second-order valence-corrected chi connectivity index (χ2v) is 8.81. The van der Waals surface area contributed by atoms with Crippen LogP contribution >= 0.6 is 11.6 Å². The standard InChI is InChI=1S/C28H28ClN3O5/c1-35-23-9-10-24-19(16-23)15-20(27(33)31-24)17-32(28(34)30-22-7-5-21(29)6-8-22)13-12-18-4-11-25(36-2)26(14-18)37-3/h4-11,14-16H,12-13,17H2,1-3H3,(H,30,34)(H,31,33). The van der Waals surface area contributed by atoms with Crippen molar-refractivity contribution in [2.45, 2.75) is 13.0 Å². The number of pyridine rings is 1. The van der Waals surface area contributed by atoms with Gasteiger partial charge in [0.05, 0.1) is 27.9 Å². The molecule has 0 radical (unpaired) electrons. The van der Waals surface area contributed by atoms with Gasteiger partial charge in [0, 0.05) is 33.7 Å². The maximum Gasteiger partial charge on any atom is 0.322 e. The first-order valence-corrected chi connectivity index (χ1v) is 12.0. The van der Waals surface area contributed by atoms with Crippen molar-refractivity contribution in [2.24, 2.45) is 0 Å². The minimum absolute atomic E-state index is 0.106. The number of halogens is 1. The number of benzene rings is 3. The van der Waals surface area contributed by atoms with Crippen LogP contribution < -0.4 is 25.1 Å². The average molecular weight is 522 g/mol. The van der Waals surface area contributed by atoms with Crippen LogP contribution in [0.3, 0.4) is 0 Å². The zero-order chi connectivity index (χ0) is 26.4. The van der Waals surface area contributed by atoms with Crippen molar-refractivity contribution >= 4 is 34.2 Å².